The lowest BCUT2D eigenvalue weighted by Gasteiger charge is -2.41. The summed E-state index contributed by atoms with van der Waals surface area (Å²) in [6.07, 6.45) is 0. The standard InChI is InChI=1S/C9H11BrN2O2S/c1-5(8(13)14)6-2-12(3-6)9-11-7(10)4-15-9/h4-6H,2-3H2,1H3,(H,13,14). The van der Waals surface area contributed by atoms with Gasteiger partial charge in [-0.2, -0.15) is 0 Å². The number of aromatic nitrogens is 1. The van der Waals surface area contributed by atoms with E-state index in [0.29, 0.717) is 0 Å². The van der Waals surface area contributed by atoms with Gasteiger partial charge in [0.15, 0.2) is 5.13 Å². The second-order valence-corrected chi connectivity index (χ2v) is 5.39. The highest BCUT2D eigenvalue weighted by atomic mass is 79.9. The maximum Gasteiger partial charge on any atom is 0.306 e. The Balaban J connectivity index is 1.91. The second kappa shape index (κ2) is 4.09. The topological polar surface area (TPSA) is 53.4 Å². The van der Waals surface area contributed by atoms with Crippen LogP contribution in [-0.2, 0) is 4.79 Å². The van der Waals surface area contributed by atoms with Crippen LogP contribution in [0.5, 0.6) is 0 Å². The van der Waals surface area contributed by atoms with Gasteiger partial charge in [0.05, 0.1) is 5.92 Å². The summed E-state index contributed by atoms with van der Waals surface area (Å²) in [6.45, 7) is 3.36. The summed E-state index contributed by atoms with van der Waals surface area (Å²) in [7, 11) is 0. The van der Waals surface area contributed by atoms with E-state index in [4.69, 9.17) is 5.11 Å². The molecule has 1 aromatic rings. The first kappa shape index (κ1) is 10.9. The predicted molar refractivity (Wildman–Crippen MR) is 62.3 cm³/mol. The predicted octanol–water partition coefficient (Wildman–Crippen LogP) is 2.06. The zero-order valence-corrected chi connectivity index (χ0v) is 10.6. The summed E-state index contributed by atoms with van der Waals surface area (Å²) in [4.78, 5) is 17.1. The molecule has 1 fully saturated rings. The van der Waals surface area contributed by atoms with E-state index in [1.54, 1.807) is 18.3 Å². The number of hydrogen-bond donors (Lipinski definition) is 1. The third-order valence-corrected chi connectivity index (χ3v) is 4.35. The summed E-state index contributed by atoms with van der Waals surface area (Å²) in [5, 5.41) is 11.7. The maximum atomic E-state index is 10.7. The molecule has 0 bridgehead atoms. The molecular weight excluding hydrogens is 280 g/mol. The number of rotatable bonds is 3. The third-order valence-electron chi connectivity index (χ3n) is 2.74. The molecule has 82 valence electrons. The van der Waals surface area contributed by atoms with Gasteiger partial charge in [-0.15, -0.1) is 11.3 Å². The van der Waals surface area contributed by atoms with Crippen molar-refractivity contribution in [3.63, 3.8) is 0 Å². The minimum Gasteiger partial charge on any atom is -0.481 e. The normalized spacial score (nSPS) is 18.7. The molecule has 1 saturated heterocycles. The number of anilines is 1. The van der Waals surface area contributed by atoms with E-state index in [9.17, 15) is 4.79 Å². The average molecular weight is 291 g/mol. The van der Waals surface area contributed by atoms with Crippen molar-refractivity contribution < 1.29 is 9.90 Å². The van der Waals surface area contributed by atoms with E-state index in [0.717, 1.165) is 22.8 Å². The smallest absolute Gasteiger partial charge is 0.306 e. The second-order valence-electron chi connectivity index (χ2n) is 3.74. The van der Waals surface area contributed by atoms with Crippen molar-refractivity contribution in [2.75, 3.05) is 18.0 Å². The molecule has 1 atom stereocenters. The monoisotopic (exact) mass is 290 g/mol. The van der Waals surface area contributed by atoms with Crippen molar-refractivity contribution >= 4 is 38.4 Å². The number of thiazole rings is 1. The summed E-state index contributed by atoms with van der Waals surface area (Å²) < 4.78 is 0.845. The molecule has 0 aromatic carbocycles. The number of hydrogen-bond acceptors (Lipinski definition) is 4. The first-order valence-corrected chi connectivity index (χ1v) is 6.34. The van der Waals surface area contributed by atoms with Crippen LogP contribution >= 0.6 is 27.3 Å². The average Bonchev–Trinajstić information content (AvgIpc) is 2.49. The lowest BCUT2D eigenvalue weighted by molar-refractivity contribution is -0.143. The Labute approximate surface area is 100 Å². The molecule has 4 nitrogen and oxygen atoms in total. The molecule has 0 saturated carbocycles. The Hall–Kier alpha value is -0.620. The molecule has 2 heterocycles. The van der Waals surface area contributed by atoms with Gasteiger partial charge in [0.25, 0.3) is 0 Å². The minimum absolute atomic E-state index is 0.255. The molecule has 0 amide bonds. The molecule has 0 radical (unpaired) electrons. The highest BCUT2D eigenvalue weighted by molar-refractivity contribution is 9.10. The van der Waals surface area contributed by atoms with Gasteiger partial charge in [0.2, 0.25) is 0 Å². The largest absolute Gasteiger partial charge is 0.481 e. The Kier molecular flexibility index (Phi) is 2.97. The number of carboxylic acid groups (broad SMARTS) is 1. The Morgan fingerprint density at radius 3 is 2.93 bits per heavy atom. The Morgan fingerprint density at radius 2 is 2.47 bits per heavy atom. The van der Waals surface area contributed by atoms with E-state index < -0.39 is 5.97 Å². The quantitative estimate of drug-likeness (QED) is 0.926. The van der Waals surface area contributed by atoms with Crippen LogP contribution in [0, 0.1) is 11.8 Å². The van der Waals surface area contributed by atoms with Crippen LogP contribution in [0.25, 0.3) is 0 Å². The molecule has 1 aromatic heterocycles. The number of carboxylic acids is 1. The number of carbonyl (C=O) groups is 1. The van der Waals surface area contributed by atoms with Crippen LogP contribution in [-0.4, -0.2) is 29.1 Å². The van der Waals surface area contributed by atoms with Crippen molar-refractivity contribution in [1.29, 1.82) is 0 Å². The molecule has 1 N–H and O–H groups in total. The fraction of sp³-hybridized carbons (Fsp3) is 0.556. The van der Waals surface area contributed by atoms with Crippen molar-refractivity contribution in [2.24, 2.45) is 11.8 Å². The van der Waals surface area contributed by atoms with E-state index in [1.165, 1.54) is 0 Å². The molecular formula is C9H11BrN2O2S. The summed E-state index contributed by atoms with van der Waals surface area (Å²) in [6, 6.07) is 0. The van der Waals surface area contributed by atoms with Crippen LogP contribution in [0.3, 0.4) is 0 Å². The van der Waals surface area contributed by atoms with Gasteiger partial charge >= 0.3 is 5.97 Å². The highest BCUT2D eigenvalue weighted by Gasteiger charge is 2.35. The first-order chi connectivity index (χ1) is 7.08. The van der Waals surface area contributed by atoms with E-state index in [1.807, 2.05) is 5.38 Å². The summed E-state index contributed by atoms with van der Waals surface area (Å²) in [5.74, 6) is -0.713. The molecule has 0 aliphatic carbocycles. The molecule has 0 spiro atoms. The van der Waals surface area contributed by atoms with Crippen molar-refractivity contribution in [3.8, 4) is 0 Å². The first-order valence-electron chi connectivity index (χ1n) is 4.66. The van der Waals surface area contributed by atoms with Crippen LogP contribution in [0.15, 0.2) is 9.98 Å². The number of aliphatic carboxylic acids is 1. The highest BCUT2D eigenvalue weighted by Crippen LogP contribution is 2.32. The van der Waals surface area contributed by atoms with Gasteiger partial charge < -0.3 is 10.0 Å². The van der Waals surface area contributed by atoms with Gasteiger partial charge in [-0.05, 0) is 15.9 Å². The van der Waals surface area contributed by atoms with Gasteiger partial charge in [0.1, 0.15) is 4.60 Å². The van der Waals surface area contributed by atoms with E-state index in [-0.39, 0.29) is 11.8 Å². The summed E-state index contributed by atoms with van der Waals surface area (Å²) in [5.41, 5.74) is 0. The zero-order chi connectivity index (χ0) is 11.0. The van der Waals surface area contributed by atoms with Crippen molar-refractivity contribution in [3.05, 3.63) is 9.98 Å². The number of halogens is 1. The SMILES string of the molecule is CC(C(=O)O)C1CN(c2nc(Br)cs2)C1. The molecule has 1 aliphatic rings. The van der Waals surface area contributed by atoms with Crippen molar-refractivity contribution in [2.45, 2.75) is 6.92 Å². The van der Waals surface area contributed by atoms with Gasteiger partial charge in [-0.3, -0.25) is 4.79 Å². The van der Waals surface area contributed by atoms with Crippen LogP contribution < -0.4 is 4.90 Å². The Morgan fingerprint density at radius 1 is 1.80 bits per heavy atom. The summed E-state index contributed by atoms with van der Waals surface area (Å²) >= 11 is 4.88. The van der Waals surface area contributed by atoms with E-state index >= 15 is 0 Å². The number of nitrogens with zero attached hydrogens (tertiary/aromatic N) is 2. The van der Waals surface area contributed by atoms with Crippen LogP contribution in [0.2, 0.25) is 0 Å². The van der Waals surface area contributed by atoms with Crippen molar-refractivity contribution in [1.82, 2.24) is 4.98 Å². The lowest BCUT2D eigenvalue weighted by Crippen LogP contribution is -2.51. The Bertz CT molecular complexity index is 376. The fourth-order valence-corrected chi connectivity index (χ4v) is 2.85. The third kappa shape index (κ3) is 2.15. The van der Waals surface area contributed by atoms with Crippen LogP contribution in [0.1, 0.15) is 6.92 Å². The molecule has 2 rings (SSSR count). The lowest BCUT2D eigenvalue weighted by atomic mass is 9.87. The molecule has 6 heteroatoms. The molecule has 1 aliphatic heterocycles. The maximum absolute atomic E-state index is 10.7. The zero-order valence-electron chi connectivity index (χ0n) is 8.18. The van der Waals surface area contributed by atoms with Gasteiger partial charge in [-0.25, -0.2) is 4.98 Å². The van der Waals surface area contributed by atoms with Crippen LogP contribution in [0.4, 0.5) is 5.13 Å². The van der Waals surface area contributed by atoms with E-state index in [2.05, 4.69) is 25.8 Å². The molecule has 1 unspecified atom stereocenters. The fourth-order valence-electron chi connectivity index (χ4n) is 1.58. The van der Waals surface area contributed by atoms with Gasteiger partial charge in [-0.1, -0.05) is 6.92 Å². The molecule has 15 heavy (non-hydrogen) atoms. The minimum atomic E-state index is -0.708. The van der Waals surface area contributed by atoms with Gasteiger partial charge in [0, 0.05) is 24.4 Å².